The third-order valence-corrected chi connectivity index (χ3v) is 9.94. The van der Waals surface area contributed by atoms with Crippen molar-refractivity contribution >= 4 is 20.2 Å². The van der Waals surface area contributed by atoms with Crippen LogP contribution in [0.4, 0.5) is 0 Å². The minimum absolute atomic E-state index is 0.0119. The molecule has 10 nitrogen and oxygen atoms in total. The fourth-order valence-electron chi connectivity index (χ4n) is 4.57. The molecule has 0 aliphatic heterocycles. The number of ether oxygens (including phenoxy) is 4. The number of rotatable bonds is 18. The Morgan fingerprint density at radius 1 is 0.400 bits per heavy atom. The standard InChI is InChI=1S/C38H38O10S2/c1-29-11-19-33(20-12-29)49(39,40)47-25-23-43-35-7-3-5-9-37(35)45-27-31-15-17-32(18-16-31)28-46-38-10-6-4-8-36(38)44-24-26-48-50(41,42)34-21-13-30(2)14-22-34/h3-22H,23-28H2,1-2H3. The molecule has 262 valence electrons. The van der Waals surface area contributed by atoms with Crippen LogP contribution in [-0.4, -0.2) is 43.3 Å². The summed E-state index contributed by atoms with van der Waals surface area (Å²) >= 11 is 0. The van der Waals surface area contributed by atoms with Crippen molar-refractivity contribution in [1.82, 2.24) is 0 Å². The average molecular weight is 719 g/mol. The maximum atomic E-state index is 12.4. The molecule has 0 aliphatic carbocycles. The summed E-state index contributed by atoms with van der Waals surface area (Å²) in [6.45, 7) is 4.02. The van der Waals surface area contributed by atoms with Crippen molar-refractivity contribution in [1.29, 1.82) is 0 Å². The summed E-state index contributed by atoms with van der Waals surface area (Å²) in [6, 6.07) is 34.9. The lowest BCUT2D eigenvalue weighted by molar-refractivity contribution is 0.208. The Hall–Kier alpha value is -4.88. The number of hydrogen-bond acceptors (Lipinski definition) is 10. The van der Waals surface area contributed by atoms with Crippen LogP contribution < -0.4 is 18.9 Å². The maximum Gasteiger partial charge on any atom is 0.297 e. The van der Waals surface area contributed by atoms with Crippen molar-refractivity contribution in [3.63, 3.8) is 0 Å². The topological polar surface area (TPSA) is 124 Å². The molecule has 0 spiro atoms. The molecule has 0 amide bonds. The van der Waals surface area contributed by atoms with E-state index >= 15 is 0 Å². The van der Waals surface area contributed by atoms with Crippen molar-refractivity contribution in [2.24, 2.45) is 0 Å². The summed E-state index contributed by atoms with van der Waals surface area (Å²) in [6.07, 6.45) is 0. The molecule has 0 aromatic heterocycles. The van der Waals surface area contributed by atoms with Crippen LogP contribution in [0.15, 0.2) is 131 Å². The highest BCUT2D eigenvalue weighted by atomic mass is 32.2. The first-order valence-electron chi connectivity index (χ1n) is 15.8. The first-order valence-corrected chi connectivity index (χ1v) is 18.6. The van der Waals surface area contributed by atoms with E-state index in [-0.39, 0.29) is 49.4 Å². The molecule has 5 rings (SSSR count). The Morgan fingerprint density at radius 3 is 1.06 bits per heavy atom. The van der Waals surface area contributed by atoms with Gasteiger partial charge >= 0.3 is 0 Å². The molecule has 0 saturated carbocycles. The Labute approximate surface area is 293 Å². The van der Waals surface area contributed by atoms with E-state index in [4.69, 9.17) is 27.3 Å². The molecule has 0 unspecified atom stereocenters. The zero-order valence-electron chi connectivity index (χ0n) is 27.7. The largest absolute Gasteiger partial charge is 0.487 e. The summed E-state index contributed by atoms with van der Waals surface area (Å²) in [5.41, 5.74) is 3.74. The summed E-state index contributed by atoms with van der Waals surface area (Å²) in [7, 11) is -7.76. The number of benzene rings is 5. The summed E-state index contributed by atoms with van der Waals surface area (Å²) in [5.74, 6) is 1.95. The predicted octanol–water partition coefficient (Wildman–Crippen LogP) is 7.03. The van der Waals surface area contributed by atoms with Gasteiger partial charge in [-0.3, -0.25) is 8.37 Å². The second-order valence-corrected chi connectivity index (χ2v) is 14.4. The molecule has 12 heteroatoms. The summed E-state index contributed by atoms with van der Waals surface area (Å²) in [4.78, 5) is 0.187. The highest BCUT2D eigenvalue weighted by Gasteiger charge is 2.16. The van der Waals surface area contributed by atoms with E-state index < -0.39 is 20.2 Å². The van der Waals surface area contributed by atoms with Gasteiger partial charge in [0.15, 0.2) is 23.0 Å². The minimum Gasteiger partial charge on any atom is -0.487 e. The molecule has 0 aliphatic rings. The Bertz CT molecular complexity index is 1890. The van der Waals surface area contributed by atoms with Gasteiger partial charge < -0.3 is 18.9 Å². The highest BCUT2D eigenvalue weighted by molar-refractivity contribution is 7.87. The minimum atomic E-state index is -3.88. The van der Waals surface area contributed by atoms with Gasteiger partial charge in [0.05, 0.1) is 9.79 Å². The molecule has 0 bridgehead atoms. The van der Waals surface area contributed by atoms with Gasteiger partial charge in [-0.15, -0.1) is 0 Å². The summed E-state index contributed by atoms with van der Waals surface area (Å²) < 4.78 is 83.5. The molecule has 5 aromatic carbocycles. The number of para-hydroxylation sites is 4. The van der Waals surface area contributed by atoms with E-state index in [1.807, 2.05) is 50.2 Å². The first kappa shape index (κ1) is 36.4. The van der Waals surface area contributed by atoms with E-state index in [0.29, 0.717) is 23.0 Å². The Balaban J connectivity index is 1.06. The molecule has 0 radical (unpaired) electrons. The second-order valence-electron chi connectivity index (χ2n) is 11.2. The van der Waals surface area contributed by atoms with Crippen LogP contribution in [-0.2, 0) is 41.8 Å². The lowest BCUT2D eigenvalue weighted by Crippen LogP contribution is -2.13. The molecular weight excluding hydrogens is 681 g/mol. The monoisotopic (exact) mass is 718 g/mol. The molecule has 0 atom stereocenters. The van der Waals surface area contributed by atoms with Crippen molar-refractivity contribution in [2.75, 3.05) is 26.4 Å². The van der Waals surface area contributed by atoms with Crippen molar-refractivity contribution in [2.45, 2.75) is 36.9 Å². The van der Waals surface area contributed by atoms with E-state index in [1.165, 1.54) is 24.3 Å². The van der Waals surface area contributed by atoms with Gasteiger partial charge in [0, 0.05) is 0 Å². The molecule has 0 N–H and O–H groups in total. The van der Waals surface area contributed by atoms with Crippen LogP contribution in [0.25, 0.3) is 0 Å². The Kier molecular flexibility index (Phi) is 12.5. The Morgan fingerprint density at radius 2 is 0.720 bits per heavy atom. The lowest BCUT2D eigenvalue weighted by Gasteiger charge is -2.14. The molecule has 0 heterocycles. The van der Waals surface area contributed by atoms with Gasteiger partial charge in [-0.05, 0) is 73.5 Å². The molecule has 5 aromatic rings. The van der Waals surface area contributed by atoms with Gasteiger partial charge in [-0.2, -0.15) is 16.8 Å². The van der Waals surface area contributed by atoms with Crippen LogP contribution in [0, 0.1) is 13.8 Å². The second kappa shape index (κ2) is 17.2. The van der Waals surface area contributed by atoms with E-state index in [0.717, 1.165) is 22.3 Å². The fourth-order valence-corrected chi connectivity index (χ4v) is 6.35. The molecular formula is C38H38O10S2. The quantitative estimate of drug-likeness (QED) is 0.0689. The van der Waals surface area contributed by atoms with Gasteiger partial charge in [-0.25, -0.2) is 0 Å². The smallest absolute Gasteiger partial charge is 0.297 e. The van der Waals surface area contributed by atoms with Crippen molar-refractivity contribution in [3.8, 4) is 23.0 Å². The van der Waals surface area contributed by atoms with Crippen molar-refractivity contribution < 1.29 is 44.1 Å². The highest BCUT2D eigenvalue weighted by Crippen LogP contribution is 2.29. The van der Waals surface area contributed by atoms with Gasteiger partial charge in [0.1, 0.15) is 39.6 Å². The first-order chi connectivity index (χ1) is 24.1. The third-order valence-electron chi connectivity index (χ3n) is 7.29. The SMILES string of the molecule is Cc1ccc(S(=O)(=O)OCCOc2ccccc2OCc2ccc(COc3ccccc3OCCOS(=O)(=O)c3ccc(C)cc3)cc2)cc1. The fraction of sp³-hybridized carbons (Fsp3) is 0.211. The maximum absolute atomic E-state index is 12.4. The van der Waals surface area contributed by atoms with Crippen molar-refractivity contribution in [3.05, 3.63) is 144 Å². The molecule has 0 fully saturated rings. The van der Waals surface area contributed by atoms with Crippen LogP contribution in [0.5, 0.6) is 23.0 Å². The van der Waals surface area contributed by atoms with Gasteiger partial charge in [0.25, 0.3) is 20.2 Å². The lowest BCUT2D eigenvalue weighted by atomic mass is 10.1. The zero-order chi connectivity index (χ0) is 35.4. The van der Waals surface area contributed by atoms with Crippen LogP contribution in [0.2, 0.25) is 0 Å². The molecule has 50 heavy (non-hydrogen) atoms. The number of aryl methyl sites for hydroxylation is 2. The van der Waals surface area contributed by atoms with Crippen LogP contribution in [0.3, 0.4) is 0 Å². The third kappa shape index (κ3) is 10.6. The van der Waals surface area contributed by atoms with Gasteiger partial charge in [-0.1, -0.05) is 83.9 Å². The van der Waals surface area contributed by atoms with Crippen LogP contribution in [0.1, 0.15) is 22.3 Å². The van der Waals surface area contributed by atoms with E-state index in [1.54, 1.807) is 60.7 Å². The van der Waals surface area contributed by atoms with E-state index in [2.05, 4.69) is 0 Å². The van der Waals surface area contributed by atoms with Crippen LogP contribution >= 0.6 is 0 Å². The van der Waals surface area contributed by atoms with E-state index in [9.17, 15) is 16.8 Å². The summed E-state index contributed by atoms with van der Waals surface area (Å²) in [5, 5.41) is 0. The molecule has 0 saturated heterocycles. The zero-order valence-corrected chi connectivity index (χ0v) is 29.3. The predicted molar refractivity (Wildman–Crippen MR) is 188 cm³/mol. The normalized spacial score (nSPS) is 11.6. The van der Waals surface area contributed by atoms with Gasteiger partial charge in [0.2, 0.25) is 0 Å². The average Bonchev–Trinajstić information content (AvgIpc) is 3.12. The number of hydrogen-bond donors (Lipinski definition) is 0.